The lowest BCUT2D eigenvalue weighted by molar-refractivity contribution is 0.236. The van der Waals surface area contributed by atoms with Crippen LogP contribution in [0.15, 0.2) is 6.07 Å². The van der Waals surface area contributed by atoms with Crippen molar-refractivity contribution in [3.8, 4) is 0 Å². The van der Waals surface area contributed by atoms with Crippen molar-refractivity contribution in [2.75, 3.05) is 18.1 Å². The number of amides is 2. The second kappa shape index (κ2) is 7.00. The summed E-state index contributed by atoms with van der Waals surface area (Å²) < 4.78 is 22.8. The third-order valence-electron chi connectivity index (χ3n) is 4.01. The molecule has 2 heterocycles. The number of carbonyl (C=O) groups excluding carboxylic acids is 1. The Hall–Kier alpha value is -1.08. The van der Waals surface area contributed by atoms with E-state index in [0.717, 1.165) is 11.3 Å². The quantitative estimate of drug-likeness (QED) is 0.861. The van der Waals surface area contributed by atoms with Gasteiger partial charge in [-0.25, -0.2) is 13.2 Å². The molecule has 2 N–H and O–H groups in total. The van der Waals surface area contributed by atoms with Gasteiger partial charge < -0.3 is 10.6 Å². The zero-order valence-electron chi connectivity index (χ0n) is 13.3. The molecule has 1 aliphatic heterocycles. The fourth-order valence-corrected chi connectivity index (χ4v) is 5.68. The summed E-state index contributed by atoms with van der Waals surface area (Å²) in [6.07, 6.45) is 1.65. The Labute approximate surface area is 136 Å². The van der Waals surface area contributed by atoms with Crippen LogP contribution in [-0.4, -0.2) is 32.5 Å². The van der Waals surface area contributed by atoms with Gasteiger partial charge in [0.25, 0.3) is 0 Å². The molecule has 0 radical (unpaired) electrons. The van der Waals surface area contributed by atoms with Crippen molar-refractivity contribution in [1.29, 1.82) is 0 Å². The normalized spacial score (nSPS) is 21.5. The van der Waals surface area contributed by atoms with E-state index in [1.54, 1.807) is 11.3 Å². The molecule has 1 aliphatic rings. The molecule has 1 aromatic rings. The maximum absolute atomic E-state index is 11.9. The number of thiophene rings is 1. The van der Waals surface area contributed by atoms with Crippen molar-refractivity contribution in [2.45, 2.75) is 39.7 Å². The summed E-state index contributed by atoms with van der Waals surface area (Å²) in [5.41, 5.74) is 1.27. The average Bonchev–Trinajstić information content (AvgIpc) is 2.99. The lowest BCUT2D eigenvalue weighted by atomic mass is 10.1. The molecule has 0 aromatic carbocycles. The maximum atomic E-state index is 11.9. The molecule has 2 rings (SSSR count). The molecule has 1 aromatic heterocycles. The minimum absolute atomic E-state index is 0.0433. The van der Waals surface area contributed by atoms with Crippen LogP contribution in [0.2, 0.25) is 0 Å². The first-order chi connectivity index (χ1) is 10.3. The zero-order valence-corrected chi connectivity index (χ0v) is 14.9. The summed E-state index contributed by atoms with van der Waals surface area (Å²) in [6, 6.07) is 1.84. The van der Waals surface area contributed by atoms with Gasteiger partial charge in [-0.3, -0.25) is 0 Å². The predicted molar refractivity (Wildman–Crippen MR) is 90.1 cm³/mol. The molecule has 1 saturated heterocycles. The summed E-state index contributed by atoms with van der Waals surface area (Å²) in [5, 5.41) is 5.70. The van der Waals surface area contributed by atoms with Gasteiger partial charge in [0.2, 0.25) is 0 Å². The Morgan fingerprint density at radius 3 is 2.77 bits per heavy atom. The van der Waals surface area contributed by atoms with Crippen LogP contribution < -0.4 is 10.6 Å². The van der Waals surface area contributed by atoms with E-state index in [1.165, 1.54) is 10.4 Å². The molecule has 5 nitrogen and oxygen atoms in total. The first-order valence-electron chi connectivity index (χ1n) is 7.64. The second-order valence-electron chi connectivity index (χ2n) is 5.95. The number of sulfone groups is 1. The summed E-state index contributed by atoms with van der Waals surface area (Å²) >= 11 is 1.73. The van der Waals surface area contributed by atoms with Gasteiger partial charge >= 0.3 is 6.03 Å². The van der Waals surface area contributed by atoms with Crippen molar-refractivity contribution in [2.24, 2.45) is 5.92 Å². The summed E-state index contributed by atoms with van der Waals surface area (Å²) in [4.78, 5) is 14.4. The topological polar surface area (TPSA) is 75.3 Å². The van der Waals surface area contributed by atoms with Crippen molar-refractivity contribution >= 4 is 27.2 Å². The Morgan fingerprint density at radius 1 is 1.50 bits per heavy atom. The summed E-state index contributed by atoms with van der Waals surface area (Å²) in [5.74, 6) is 0.472. The largest absolute Gasteiger partial charge is 0.338 e. The Balaban J connectivity index is 1.81. The molecule has 0 bridgehead atoms. The molecular weight excluding hydrogens is 320 g/mol. The van der Waals surface area contributed by atoms with E-state index < -0.39 is 9.84 Å². The Bertz CT molecular complexity index is 637. The van der Waals surface area contributed by atoms with Crippen LogP contribution in [0, 0.1) is 12.8 Å². The van der Waals surface area contributed by atoms with E-state index in [9.17, 15) is 13.2 Å². The van der Waals surface area contributed by atoms with Gasteiger partial charge in [-0.05, 0) is 44.2 Å². The highest BCUT2D eigenvalue weighted by molar-refractivity contribution is 7.91. The molecule has 0 aliphatic carbocycles. The zero-order chi connectivity index (χ0) is 16.3. The number of aryl methyl sites for hydroxylation is 2. The van der Waals surface area contributed by atoms with E-state index in [-0.39, 0.29) is 29.5 Å². The lowest BCUT2D eigenvalue weighted by Gasteiger charge is -2.15. The standard InChI is InChI=1S/C15H24N2O3S2/c1-4-13-10(2)7-14(21-13)11(3)17-15(18)16-8-12-5-6-22(19,20)9-12/h7,11-12H,4-6,8-9H2,1-3H3,(H2,16,17,18)/t11-,12+/m1/s1. The Kier molecular flexibility index (Phi) is 5.50. The molecule has 0 spiro atoms. The monoisotopic (exact) mass is 344 g/mol. The van der Waals surface area contributed by atoms with Crippen LogP contribution in [0.3, 0.4) is 0 Å². The Morgan fingerprint density at radius 2 is 2.23 bits per heavy atom. The highest BCUT2D eigenvalue weighted by Crippen LogP contribution is 2.27. The summed E-state index contributed by atoms with van der Waals surface area (Å²) in [7, 11) is -2.88. The molecule has 7 heteroatoms. The molecule has 124 valence electrons. The molecule has 22 heavy (non-hydrogen) atoms. The first-order valence-corrected chi connectivity index (χ1v) is 10.3. The van der Waals surface area contributed by atoms with Gasteiger partial charge in [0.15, 0.2) is 9.84 Å². The van der Waals surface area contributed by atoms with Gasteiger partial charge in [-0.2, -0.15) is 0 Å². The number of hydrogen-bond donors (Lipinski definition) is 2. The molecule has 1 fully saturated rings. The molecule has 2 atom stereocenters. The SMILES string of the molecule is CCc1sc([C@@H](C)NC(=O)NC[C@@H]2CCS(=O)(=O)C2)cc1C. The smallest absolute Gasteiger partial charge is 0.315 e. The van der Waals surface area contributed by atoms with Gasteiger partial charge in [0, 0.05) is 16.3 Å². The second-order valence-corrected chi connectivity index (χ2v) is 9.35. The number of rotatable bonds is 5. The van der Waals surface area contributed by atoms with E-state index in [1.807, 2.05) is 6.92 Å². The highest BCUT2D eigenvalue weighted by atomic mass is 32.2. The van der Waals surface area contributed by atoms with Crippen molar-refractivity contribution in [3.63, 3.8) is 0 Å². The number of carbonyl (C=O) groups is 1. The van der Waals surface area contributed by atoms with E-state index in [2.05, 4.69) is 30.5 Å². The molecular formula is C15H24N2O3S2. The van der Waals surface area contributed by atoms with E-state index >= 15 is 0 Å². The summed E-state index contributed by atoms with van der Waals surface area (Å²) in [6.45, 7) is 6.60. The predicted octanol–water partition coefficient (Wildman–Crippen LogP) is 2.41. The van der Waals surface area contributed by atoms with E-state index in [0.29, 0.717) is 13.0 Å². The van der Waals surface area contributed by atoms with Crippen molar-refractivity contribution in [1.82, 2.24) is 10.6 Å². The van der Waals surface area contributed by atoms with Gasteiger partial charge in [0.1, 0.15) is 0 Å². The van der Waals surface area contributed by atoms with Gasteiger partial charge in [-0.1, -0.05) is 6.92 Å². The number of urea groups is 1. The van der Waals surface area contributed by atoms with Crippen LogP contribution >= 0.6 is 11.3 Å². The van der Waals surface area contributed by atoms with Gasteiger partial charge in [-0.15, -0.1) is 11.3 Å². The van der Waals surface area contributed by atoms with Crippen LogP contribution in [-0.2, 0) is 16.3 Å². The maximum Gasteiger partial charge on any atom is 0.315 e. The molecule has 0 unspecified atom stereocenters. The number of hydrogen-bond acceptors (Lipinski definition) is 4. The first kappa shape index (κ1) is 17.3. The fraction of sp³-hybridized carbons (Fsp3) is 0.667. The highest BCUT2D eigenvalue weighted by Gasteiger charge is 2.28. The lowest BCUT2D eigenvalue weighted by Crippen LogP contribution is -2.39. The van der Waals surface area contributed by atoms with Crippen molar-refractivity contribution < 1.29 is 13.2 Å². The van der Waals surface area contributed by atoms with Crippen molar-refractivity contribution in [3.05, 3.63) is 21.4 Å². The van der Waals surface area contributed by atoms with Gasteiger partial charge in [0.05, 0.1) is 17.5 Å². The van der Waals surface area contributed by atoms with E-state index in [4.69, 9.17) is 0 Å². The number of nitrogens with one attached hydrogen (secondary N) is 2. The van der Waals surface area contributed by atoms with Crippen LogP contribution in [0.5, 0.6) is 0 Å². The third-order valence-corrected chi connectivity index (χ3v) is 7.41. The van der Waals surface area contributed by atoms with Crippen LogP contribution in [0.1, 0.15) is 41.6 Å². The minimum Gasteiger partial charge on any atom is -0.338 e. The minimum atomic E-state index is -2.88. The average molecular weight is 345 g/mol. The molecule has 0 saturated carbocycles. The third kappa shape index (κ3) is 4.46. The fourth-order valence-electron chi connectivity index (χ4n) is 2.70. The molecule has 2 amide bonds. The van der Waals surface area contributed by atoms with Crippen LogP contribution in [0.4, 0.5) is 4.79 Å². The van der Waals surface area contributed by atoms with Crippen LogP contribution in [0.25, 0.3) is 0 Å².